The van der Waals surface area contributed by atoms with Crippen molar-refractivity contribution >= 4 is 16.6 Å². The van der Waals surface area contributed by atoms with Crippen LogP contribution in [-0.4, -0.2) is 21.9 Å². The molecule has 0 amide bonds. The van der Waals surface area contributed by atoms with Crippen LogP contribution in [0.25, 0.3) is 16.6 Å². The van der Waals surface area contributed by atoms with E-state index in [1.54, 1.807) is 12.2 Å². The Morgan fingerprint density at radius 3 is 3.06 bits per heavy atom. The van der Waals surface area contributed by atoms with Crippen molar-refractivity contribution < 1.29 is 4.48 Å². The van der Waals surface area contributed by atoms with Gasteiger partial charge in [-0.15, -0.1) is 0 Å². The maximum absolute atomic E-state index is 13.6. The molecular formula is C12H10FN3. The topological polar surface area (TPSA) is 31.9 Å². The second-order valence-electron chi connectivity index (χ2n) is 3.64. The van der Waals surface area contributed by atoms with Gasteiger partial charge in [-0.2, -0.15) is 5.10 Å². The quantitative estimate of drug-likeness (QED) is 0.741. The van der Waals surface area contributed by atoms with Crippen LogP contribution < -0.4 is 0 Å². The molecule has 0 saturated carbocycles. The summed E-state index contributed by atoms with van der Waals surface area (Å²) in [6.07, 6.45) is 5.33. The first-order valence-electron chi connectivity index (χ1n) is 5.10. The summed E-state index contributed by atoms with van der Waals surface area (Å²) in [7, 11) is 0. The zero-order valence-corrected chi connectivity index (χ0v) is 8.52. The first-order valence-corrected chi connectivity index (χ1v) is 5.10. The Bertz CT molecular complexity index is 583. The van der Waals surface area contributed by atoms with Crippen LogP contribution in [0.2, 0.25) is 0 Å². The van der Waals surface area contributed by atoms with Crippen molar-refractivity contribution in [2.75, 3.05) is 6.54 Å². The molecule has 0 fully saturated rings. The van der Waals surface area contributed by atoms with E-state index in [2.05, 4.69) is 10.2 Å². The van der Waals surface area contributed by atoms with Crippen LogP contribution >= 0.6 is 0 Å². The molecule has 1 aliphatic rings. The van der Waals surface area contributed by atoms with Crippen molar-refractivity contribution in [1.82, 2.24) is 15.3 Å². The van der Waals surface area contributed by atoms with E-state index in [1.807, 2.05) is 30.3 Å². The summed E-state index contributed by atoms with van der Waals surface area (Å²) >= 11 is 0. The molecule has 0 unspecified atom stereocenters. The number of halogens is 1. The predicted octanol–water partition coefficient (Wildman–Crippen LogP) is 2.66. The Morgan fingerprint density at radius 2 is 2.19 bits per heavy atom. The Kier molecular flexibility index (Phi) is 1.99. The number of para-hydroxylation sites is 1. The van der Waals surface area contributed by atoms with Gasteiger partial charge < -0.3 is 0 Å². The van der Waals surface area contributed by atoms with Gasteiger partial charge in [0.15, 0.2) is 0 Å². The van der Waals surface area contributed by atoms with Crippen molar-refractivity contribution in [3.8, 4) is 0 Å². The van der Waals surface area contributed by atoms with E-state index < -0.39 is 0 Å². The minimum atomic E-state index is 0.271. The highest BCUT2D eigenvalue weighted by atomic mass is 19.2. The second kappa shape index (κ2) is 3.48. The number of aromatic amines is 1. The van der Waals surface area contributed by atoms with Crippen molar-refractivity contribution in [1.29, 1.82) is 0 Å². The molecule has 1 aliphatic heterocycles. The number of hydrogen-bond donors (Lipinski definition) is 1. The van der Waals surface area contributed by atoms with Crippen molar-refractivity contribution in [2.45, 2.75) is 0 Å². The molecule has 80 valence electrons. The van der Waals surface area contributed by atoms with Crippen LogP contribution in [0.15, 0.2) is 42.5 Å². The van der Waals surface area contributed by atoms with E-state index in [-0.39, 0.29) is 6.54 Å². The average molecular weight is 215 g/mol. The Balaban J connectivity index is 2.19. The largest absolute Gasteiger partial charge is 0.277 e. The smallest absolute Gasteiger partial charge is 0.119 e. The van der Waals surface area contributed by atoms with Crippen LogP contribution in [0, 0.1) is 0 Å². The molecule has 0 spiro atoms. The van der Waals surface area contributed by atoms with E-state index in [0.29, 0.717) is 16.5 Å². The van der Waals surface area contributed by atoms with Gasteiger partial charge in [0.2, 0.25) is 0 Å². The lowest BCUT2D eigenvalue weighted by atomic mass is 10.1. The molecule has 0 aliphatic carbocycles. The molecule has 0 bridgehead atoms. The molecule has 1 N–H and O–H groups in total. The lowest BCUT2D eigenvalue weighted by Crippen LogP contribution is -2.14. The Hall–Kier alpha value is -2.10. The molecule has 0 atom stereocenters. The standard InChI is InChI=1S/C12H10FN3/c13-16-8-4-3-7-11(16)12-9-5-1-2-6-10(9)14-15-12/h1-7H,8H2,(H,14,15). The first kappa shape index (κ1) is 9.15. The number of allylic oxidation sites excluding steroid dienone is 2. The van der Waals surface area contributed by atoms with E-state index in [1.165, 1.54) is 0 Å². The molecule has 16 heavy (non-hydrogen) atoms. The van der Waals surface area contributed by atoms with Gasteiger partial charge >= 0.3 is 0 Å². The van der Waals surface area contributed by atoms with E-state index in [4.69, 9.17) is 0 Å². The summed E-state index contributed by atoms with van der Waals surface area (Å²) in [6.45, 7) is 0.271. The van der Waals surface area contributed by atoms with E-state index in [9.17, 15) is 4.48 Å². The van der Waals surface area contributed by atoms with Gasteiger partial charge in [-0.05, 0) is 12.1 Å². The molecule has 1 aromatic carbocycles. The minimum Gasteiger partial charge on any atom is -0.277 e. The third-order valence-corrected chi connectivity index (χ3v) is 2.63. The van der Waals surface area contributed by atoms with Gasteiger partial charge in [0.25, 0.3) is 0 Å². The monoisotopic (exact) mass is 215 g/mol. The average Bonchev–Trinajstić information content (AvgIpc) is 2.74. The van der Waals surface area contributed by atoms with Gasteiger partial charge in [-0.1, -0.05) is 34.8 Å². The highest BCUT2D eigenvalue weighted by molar-refractivity contribution is 5.90. The summed E-state index contributed by atoms with van der Waals surface area (Å²) in [6, 6.07) is 7.70. The first-order chi connectivity index (χ1) is 7.86. The van der Waals surface area contributed by atoms with Crippen LogP contribution in [0.3, 0.4) is 0 Å². The molecule has 4 heteroatoms. The van der Waals surface area contributed by atoms with Gasteiger partial charge in [-0.25, -0.2) is 5.12 Å². The van der Waals surface area contributed by atoms with Crippen LogP contribution in [-0.2, 0) is 0 Å². The fourth-order valence-corrected chi connectivity index (χ4v) is 1.84. The fraction of sp³-hybridized carbons (Fsp3) is 0.0833. The molecule has 3 rings (SSSR count). The zero-order valence-electron chi connectivity index (χ0n) is 8.52. The van der Waals surface area contributed by atoms with Crippen molar-refractivity contribution in [2.24, 2.45) is 0 Å². The lowest BCUT2D eigenvalue weighted by molar-refractivity contribution is 0.121. The number of nitrogens with zero attached hydrogens (tertiary/aromatic N) is 2. The number of benzene rings is 1. The second-order valence-corrected chi connectivity index (χ2v) is 3.64. The normalized spacial score (nSPS) is 15.6. The zero-order chi connectivity index (χ0) is 11.0. The number of nitrogens with one attached hydrogen (secondary N) is 1. The molecule has 1 aromatic heterocycles. The van der Waals surface area contributed by atoms with Crippen molar-refractivity contribution in [3.05, 3.63) is 48.2 Å². The maximum atomic E-state index is 13.6. The lowest BCUT2D eigenvalue weighted by Gasteiger charge is -2.16. The van der Waals surface area contributed by atoms with Gasteiger partial charge in [-0.3, -0.25) is 5.10 Å². The third kappa shape index (κ3) is 1.31. The molecule has 2 aromatic rings. The van der Waals surface area contributed by atoms with E-state index in [0.717, 1.165) is 10.9 Å². The molecule has 0 radical (unpaired) electrons. The summed E-state index contributed by atoms with van der Waals surface area (Å²) < 4.78 is 13.6. The number of rotatable bonds is 1. The van der Waals surface area contributed by atoms with Crippen LogP contribution in [0.1, 0.15) is 5.69 Å². The highest BCUT2D eigenvalue weighted by Gasteiger charge is 2.17. The van der Waals surface area contributed by atoms with Gasteiger partial charge in [0, 0.05) is 5.39 Å². The number of hydrogen-bond acceptors (Lipinski definition) is 2. The third-order valence-electron chi connectivity index (χ3n) is 2.63. The maximum Gasteiger partial charge on any atom is 0.119 e. The van der Waals surface area contributed by atoms with Gasteiger partial charge in [0.05, 0.1) is 17.8 Å². The summed E-state index contributed by atoms with van der Waals surface area (Å²) in [5, 5.41) is 8.69. The molecule has 0 saturated heterocycles. The van der Waals surface area contributed by atoms with Gasteiger partial charge in [0.1, 0.15) is 5.69 Å². The molecular weight excluding hydrogens is 205 g/mol. The fourth-order valence-electron chi connectivity index (χ4n) is 1.84. The number of H-pyrrole nitrogens is 1. The van der Waals surface area contributed by atoms with Crippen LogP contribution in [0.4, 0.5) is 4.48 Å². The predicted molar refractivity (Wildman–Crippen MR) is 61.0 cm³/mol. The van der Waals surface area contributed by atoms with Crippen molar-refractivity contribution in [3.63, 3.8) is 0 Å². The Labute approximate surface area is 91.8 Å². The summed E-state index contributed by atoms with van der Waals surface area (Å²) in [5.41, 5.74) is 2.07. The highest BCUT2D eigenvalue weighted by Crippen LogP contribution is 2.26. The van der Waals surface area contributed by atoms with Crippen LogP contribution in [0.5, 0.6) is 0 Å². The number of aromatic nitrogens is 2. The molecule has 3 nitrogen and oxygen atoms in total. The SMILES string of the molecule is FN1CC=CC=C1c1n[nH]c2ccccc12. The minimum absolute atomic E-state index is 0.271. The van der Waals surface area contributed by atoms with E-state index >= 15 is 0 Å². The summed E-state index contributed by atoms with van der Waals surface area (Å²) in [5.74, 6) is 0. The summed E-state index contributed by atoms with van der Waals surface area (Å²) in [4.78, 5) is 0. The molecule has 2 heterocycles. The Morgan fingerprint density at radius 1 is 1.31 bits per heavy atom. The number of fused-ring (bicyclic) bond motifs is 1.